The van der Waals surface area contributed by atoms with Crippen LogP contribution in [-0.2, 0) is 26.2 Å². The van der Waals surface area contributed by atoms with Crippen LogP contribution in [0.4, 0.5) is 0 Å². The predicted molar refractivity (Wildman–Crippen MR) is 117 cm³/mol. The molecule has 1 aliphatic rings. The molecule has 0 bridgehead atoms. The van der Waals surface area contributed by atoms with Crippen LogP contribution in [0.25, 0.3) is 27.4 Å². The maximum atomic E-state index is 3.26. The molecule has 1 aromatic heterocycles. The molecule has 0 amide bonds. The molecule has 1 nitrogen and oxygen atoms in total. The van der Waals surface area contributed by atoms with Crippen LogP contribution in [0.1, 0.15) is 32.9 Å². The predicted octanol–water partition coefficient (Wildman–Crippen LogP) is 1.29. The normalized spacial score (nSPS) is 12.5. The maximum absolute atomic E-state index is 3.26. The van der Waals surface area contributed by atoms with Crippen molar-refractivity contribution in [1.29, 1.82) is 0 Å². The van der Waals surface area contributed by atoms with Crippen LogP contribution >= 0.6 is 0 Å². The summed E-state index contributed by atoms with van der Waals surface area (Å²) >= 11 is 0. The molecule has 0 saturated carbocycles. The van der Waals surface area contributed by atoms with Gasteiger partial charge in [0.15, 0.2) is 0 Å². The smallest absolute Gasteiger partial charge is 1.00 e. The van der Waals surface area contributed by atoms with E-state index in [1.54, 1.807) is 0 Å². The number of rotatable bonds is 1. The van der Waals surface area contributed by atoms with Gasteiger partial charge >= 0.3 is 26.2 Å². The van der Waals surface area contributed by atoms with Crippen molar-refractivity contribution in [3.63, 3.8) is 0 Å². The van der Waals surface area contributed by atoms with E-state index >= 15 is 0 Å². The Morgan fingerprint density at radius 2 is 1.47 bits per heavy atom. The van der Waals surface area contributed by atoms with Crippen molar-refractivity contribution in [2.75, 3.05) is 0 Å². The number of aryl methyl sites for hydroxylation is 1. The minimum Gasteiger partial charge on any atom is -1.00 e. The van der Waals surface area contributed by atoms with Crippen molar-refractivity contribution < 1.29 is 35.6 Å². The average Bonchev–Trinajstić information content (AvgIpc) is 3.32. The number of hydrogen-bond acceptors (Lipinski definition) is 0. The number of para-hydroxylation sites is 1. The molecule has 0 radical (unpaired) electrons. The van der Waals surface area contributed by atoms with Crippen LogP contribution in [-0.4, -0.2) is 4.57 Å². The summed E-state index contributed by atoms with van der Waals surface area (Å²) in [6.07, 6.45) is 4.31. The summed E-state index contributed by atoms with van der Waals surface area (Å²) in [5.41, 5.74) is 8.04. The minimum absolute atomic E-state index is 0. The van der Waals surface area contributed by atoms with E-state index in [9.17, 15) is 0 Å². The van der Waals surface area contributed by atoms with E-state index in [0.29, 0.717) is 0 Å². The summed E-state index contributed by atoms with van der Waals surface area (Å²) in [6, 6.07) is 23.8. The first-order chi connectivity index (χ1) is 13.0. The Bertz CT molecular complexity index is 1160. The quantitative estimate of drug-likeness (QED) is 0.362. The monoisotopic (exact) mass is 479 g/mol. The first-order valence-electron chi connectivity index (χ1n) is 9.51. The molecule has 152 valence electrons. The summed E-state index contributed by atoms with van der Waals surface area (Å²) in [5, 5.41) is 3.90. The van der Waals surface area contributed by atoms with Gasteiger partial charge in [0.25, 0.3) is 0 Å². The standard InChI is InChI=1S/C18H14N.C8H11.2FH.Zr/c1-13-10-16-8-4-5-9-18(16)19(13)17-11-14-6-2-3-7-15(14)12-17;1-6-4-5-7(2)8(6)3;;;/h2-12H,1H3;4H2,1-3H3;2*1H;/q2*-1;;;+4/p-2. The second-order valence-corrected chi connectivity index (χ2v) is 7.41. The summed E-state index contributed by atoms with van der Waals surface area (Å²) in [4.78, 5) is 0. The molecule has 1 heterocycles. The number of fused-ring (bicyclic) bond motifs is 2. The fourth-order valence-electron chi connectivity index (χ4n) is 3.75. The Labute approximate surface area is 196 Å². The van der Waals surface area contributed by atoms with Gasteiger partial charge in [-0.2, -0.15) is 11.1 Å². The number of aromatic nitrogens is 1. The largest absolute Gasteiger partial charge is 4.00 e. The van der Waals surface area contributed by atoms with E-state index in [2.05, 4.69) is 105 Å². The van der Waals surface area contributed by atoms with Crippen molar-refractivity contribution in [3.8, 4) is 5.69 Å². The Hall–Kier alpha value is -2.19. The second-order valence-electron chi connectivity index (χ2n) is 7.41. The maximum Gasteiger partial charge on any atom is 4.00 e. The molecule has 5 rings (SSSR count). The molecule has 3 aromatic carbocycles. The third kappa shape index (κ3) is 4.92. The van der Waals surface area contributed by atoms with Crippen molar-refractivity contribution in [3.05, 3.63) is 95.2 Å². The average molecular weight is 481 g/mol. The number of benzene rings is 2. The molecule has 0 unspecified atom stereocenters. The van der Waals surface area contributed by atoms with Crippen molar-refractivity contribution in [1.82, 2.24) is 4.57 Å². The van der Waals surface area contributed by atoms with E-state index < -0.39 is 0 Å². The molecule has 0 fully saturated rings. The van der Waals surface area contributed by atoms with Crippen molar-refractivity contribution >= 4 is 21.7 Å². The van der Waals surface area contributed by atoms with Crippen molar-refractivity contribution in [2.45, 2.75) is 34.1 Å². The van der Waals surface area contributed by atoms with Gasteiger partial charge in [0.05, 0.1) is 5.52 Å². The van der Waals surface area contributed by atoms with E-state index in [-0.39, 0.29) is 35.6 Å². The summed E-state index contributed by atoms with van der Waals surface area (Å²) in [6.45, 7) is 8.60. The van der Waals surface area contributed by atoms with Gasteiger partial charge in [0.2, 0.25) is 0 Å². The van der Waals surface area contributed by atoms with E-state index in [0.717, 1.165) is 6.42 Å². The molecular formula is C26H25F2NZr. The van der Waals surface area contributed by atoms with Gasteiger partial charge in [0, 0.05) is 11.1 Å². The molecule has 0 atom stereocenters. The van der Waals surface area contributed by atoms with Crippen LogP contribution in [0.15, 0.2) is 83.4 Å². The minimum atomic E-state index is 0. The molecule has 0 N–H and O–H groups in total. The first-order valence-corrected chi connectivity index (χ1v) is 9.51. The fraction of sp³-hybridized carbons (Fsp3) is 0.192. The van der Waals surface area contributed by atoms with Gasteiger partial charge in [-0.1, -0.05) is 38.1 Å². The Morgan fingerprint density at radius 1 is 0.833 bits per heavy atom. The van der Waals surface area contributed by atoms with Gasteiger partial charge < -0.3 is 14.0 Å². The summed E-state index contributed by atoms with van der Waals surface area (Å²) < 4.78 is 2.33. The molecule has 30 heavy (non-hydrogen) atoms. The Kier molecular flexibility index (Phi) is 9.24. The SMILES string of the molecule is CC1=[C-]CC(C)=C1C.Cc1cc2ccccc2n1-c1cc2ccccc2[cH-]1.[F-].[F-].[Zr+4]. The Morgan fingerprint density at radius 3 is 2.03 bits per heavy atom. The zero-order valence-corrected chi connectivity index (χ0v) is 20.2. The molecule has 4 heteroatoms. The number of allylic oxidation sites excluding steroid dienone is 4. The van der Waals surface area contributed by atoms with Crippen LogP contribution in [0.5, 0.6) is 0 Å². The number of halogens is 2. The van der Waals surface area contributed by atoms with Crippen molar-refractivity contribution in [2.24, 2.45) is 0 Å². The molecule has 4 aromatic rings. The van der Waals surface area contributed by atoms with Crippen LogP contribution < -0.4 is 9.41 Å². The molecule has 0 aliphatic heterocycles. The van der Waals surface area contributed by atoms with Crippen LogP contribution in [0, 0.1) is 13.0 Å². The van der Waals surface area contributed by atoms with E-state index in [4.69, 9.17) is 0 Å². The van der Waals surface area contributed by atoms with E-state index in [1.165, 1.54) is 49.8 Å². The van der Waals surface area contributed by atoms with Gasteiger partial charge in [-0.05, 0) is 24.7 Å². The van der Waals surface area contributed by atoms with Gasteiger partial charge in [-0.3, -0.25) is 6.08 Å². The zero-order valence-electron chi connectivity index (χ0n) is 17.8. The number of nitrogens with zero attached hydrogens (tertiary/aromatic N) is 1. The summed E-state index contributed by atoms with van der Waals surface area (Å²) in [5.74, 6) is 0. The molecular weight excluding hydrogens is 456 g/mol. The first kappa shape index (κ1) is 25.8. The summed E-state index contributed by atoms with van der Waals surface area (Å²) in [7, 11) is 0. The Balaban J connectivity index is 0.000000355. The topological polar surface area (TPSA) is 4.93 Å². The molecule has 0 saturated heterocycles. The van der Waals surface area contributed by atoms with Crippen LogP contribution in [0.3, 0.4) is 0 Å². The molecule has 0 spiro atoms. The van der Waals surface area contributed by atoms with Gasteiger partial charge in [0.1, 0.15) is 0 Å². The van der Waals surface area contributed by atoms with Gasteiger partial charge in [-0.15, -0.1) is 54.4 Å². The van der Waals surface area contributed by atoms with E-state index in [1.807, 2.05) is 0 Å². The third-order valence-electron chi connectivity index (χ3n) is 5.58. The van der Waals surface area contributed by atoms with Crippen LogP contribution in [0.2, 0.25) is 0 Å². The van der Waals surface area contributed by atoms with Gasteiger partial charge in [-0.25, -0.2) is 5.57 Å². The molecule has 1 aliphatic carbocycles. The third-order valence-corrected chi connectivity index (χ3v) is 5.58. The zero-order chi connectivity index (χ0) is 19.0. The fourth-order valence-corrected chi connectivity index (χ4v) is 3.75. The second kappa shape index (κ2) is 10.7. The number of hydrogen-bond donors (Lipinski definition) is 0.